The topological polar surface area (TPSA) is 67.9 Å². The molecule has 0 aromatic heterocycles. The van der Waals surface area contributed by atoms with E-state index in [-0.39, 0.29) is 5.78 Å². The van der Waals surface area contributed by atoms with Crippen LogP contribution in [0.15, 0.2) is 84.9 Å². The van der Waals surface area contributed by atoms with Crippen molar-refractivity contribution >= 4 is 17.5 Å². The van der Waals surface area contributed by atoms with E-state index in [1.165, 1.54) is 12.1 Å². The monoisotopic (exact) mass is 419 g/mol. The maximum absolute atomic E-state index is 14.3. The van der Waals surface area contributed by atoms with Gasteiger partial charge in [0.15, 0.2) is 11.2 Å². The normalized spacial score (nSPS) is 22.3. The van der Waals surface area contributed by atoms with Gasteiger partial charge in [-0.15, -0.1) is 0 Å². The van der Waals surface area contributed by atoms with E-state index in [9.17, 15) is 19.7 Å². The first-order chi connectivity index (χ1) is 15.6. The lowest BCUT2D eigenvalue weighted by atomic mass is 9.69. The van der Waals surface area contributed by atoms with Crippen LogP contribution in [0.2, 0.25) is 0 Å². The lowest BCUT2D eigenvalue weighted by Gasteiger charge is -2.35. The van der Waals surface area contributed by atoms with Gasteiger partial charge in [-0.2, -0.15) is 10.5 Å². The zero-order valence-electron chi connectivity index (χ0n) is 17.0. The van der Waals surface area contributed by atoms with Gasteiger partial charge in [-0.25, -0.2) is 4.39 Å². The average Bonchev–Trinajstić information content (AvgIpc) is 3.15. The van der Waals surface area contributed by atoms with E-state index < -0.39 is 29.2 Å². The van der Waals surface area contributed by atoms with E-state index in [2.05, 4.69) is 12.1 Å². The van der Waals surface area contributed by atoms with Gasteiger partial charge in [-0.05, 0) is 29.3 Å². The highest BCUT2D eigenvalue weighted by atomic mass is 19.1. The SMILES string of the molecule is N#CC1(C#N)C(c2cccc(F)c2)[C@H](C(=O)c2ccccc2)N2c3ccccc3C=C[C@@H]21. The molecule has 4 nitrogen and oxygen atoms in total. The Morgan fingerprint density at radius 3 is 2.38 bits per heavy atom. The van der Waals surface area contributed by atoms with E-state index in [1.54, 1.807) is 36.4 Å². The largest absolute Gasteiger partial charge is 0.351 e. The van der Waals surface area contributed by atoms with Crippen LogP contribution in [0.25, 0.3) is 6.08 Å². The first-order valence-corrected chi connectivity index (χ1v) is 10.3. The Hall–Kier alpha value is -4.22. The molecule has 3 aromatic carbocycles. The molecule has 5 heteroatoms. The molecule has 1 fully saturated rings. The summed E-state index contributed by atoms with van der Waals surface area (Å²) in [7, 11) is 0. The molecular weight excluding hydrogens is 401 g/mol. The van der Waals surface area contributed by atoms with Gasteiger partial charge in [-0.1, -0.05) is 72.8 Å². The van der Waals surface area contributed by atoms with Gasteiger partial charge in [0.05, 0.1) is 18.2 Å². The van der Waals surface area contributed by atoms with Crippen LogP contribution in [0, 0.1) is 33.9 Å². The average molecular weight is 419 g/mol. The number of para-hydroxylation sites is 1. The fraction of sp³-hybridized carbons (Fsp3) is 0.148. The predicted molar refractivity (Wildman–Crippen MR) is 119 cm³/mol. The van der Waals surface area contributed by atoms with E-state index in [1.807, 2.05) is 47.4 Å². The Morgan fingerprint density at radius 1 is 0.938 bits per heavy atom. The second kappa shape index (κ2) is 7.48. The highest BCUT2D eigenvalue weighted by molar-refractivity contribution is 6.04. The number of nitriles is 2. The van der Waals surface area contributed by atoms with Gasteiger partial charge in [-0.3, -0.25) is 4.79 Å². The van der Waals surface area contributed by atoms with Crippen LogP contribution in [0.4, 0.5) is 10.1 Å². The fourth-order valence-corrected chi connectivity index (χ4v) is 5.08. The Morgan fingerprint density at radius 2 is 1.66 bits per heavy atom. The van der Waals surface area contributed by atoms with Crippen molar-refractivity contribution in [2.75, 3.05) is 4.90 Å². The van der Waals surface area contributed by atoms with Crippen LogP contribution in [-0.4, -0.2) is 17.9 Å². The molecule has 3 atom stereocenters. The van der Waals surface area contributed by atoms with Crippen LogP contribution in [0.5, 0.6) is 0 Å². The van der Waals surface area contributed by atoms with Crippen molar-refractivity contribution in [3.63, 3.8) is 0 Å². The zero-order valence-corrected chi connectivity index (χ0v) is 17.0. The molecule has 0 radical (unpaired) electrons. The lowest BCUT2D eigenvalue weighted by Crippen LogP contribution is -2.44. The molecular formula is C27H18FN3O. The van der Waals surface area contributed by atoms with Gasteiger partial charge in [0, 0.05) is 17.2 Å². The first kappa shape index (κ1) is 19.7. The van der Waals surface area contributed by atoms with E-state index >= 15 is 0 Å². The van der Waals surface area contributed by atoms with Crippen LogP contribution in [0.3, 0.4) is 0 Å². The Balaban J connectivity index is 1.80. The van der Waals surface area contributed by atoms with Crippen LogP contribution in [-0.2, 0) is 0 Å². The molecule has 2 heterocycles. The summed E-state index contributed by atoms with van der Waals surface area (Å²) in [6.45, 7) is 0. The number of nitrogens with zero attached hydrogens (tertiary/aromatic N) is 3. The van der Waals surface area contributed by atoms with E-state index in [0.29, 0.717) is 11.1 Å². The number of rotatable bonds is 3. The Bertz CT molecular complexity index is 1300. The minimum absolute atomic E-state index is 0.206. The Labute approximate surface area is 185 Å². The van der Waals surface area contributed by atoms with Crippen molar-refractivity contribution in [2.24, 2.45) is 5.41 Å². The number of halogens is 1. The molecule has 0 spiro atoms. The van der Waals surface area contributed by atoms with Gasteiger partial charge in [0.1, 0.15) is 11.9 Å². The van der Waals surface area contributed by atoms with Gasteiger partial charge < -0.3 is 4.90 Å². The quantitative estimate of drug-likeness (QED) is 0.553. The molecule has 2 aliphatic rings. The molecule has 1 unspecified atom stereocenters. The molecule has 5 rings (SSSR count). The Kier molecular flexibility index (Phi) is 4.61. The third kappa shape index (κ3) is 2.76. The van der Waals surface area contributed by atoms with Crippen molar-refractivity contribution in [3.8, 4) is 12.1 Å². The summed E-state index contributed by atoms with van der Waals surface area (Å²) in [5.41, 5.74) is 1.05. The number of fused-ring (bicyclic) bond motifs is 3. The third-order valence-electron chi connectivity index (χ3n) is 6.45. The number of carbonyl (C=O) groups excluding carboxylic acids is 1. The molecule has 0 aliphatic carbocycles. The number of anilines is 1. The van der Waals surface area contributed by atoms with Crippen molar-refractivity contribution in [3.05, 3.63) is 107 Å². The summed E-state index contributed by atoms with van der Waals surface area (Å²) in [6, 6.07) is 25.3. The molecule has 0 N–H and O–H groups in total. The molecule has 0 saturated carbocycles. The van der Waals surface area contributed by atoms with Crippen LogP contribution < -0.4 is 4.90 Å². The summed E-state index contributed by atoms with van der Waals surface area (Å²) < 4.78 is 14.3. The highest BCUT2D eigenvalue weighted by Gasteiger charge is 2.63. The first-order valence-electron chi connectivity index (χ1n) is 10.3. The summed E-state index contributed by atoms with van der Waals surface area (Å²) in [6.07, 6.45) is 3.71. The van der Waals surface area contributed by atoms with Gasteiger partial charge in [0.2, 0.25) is 0 Å². The summed E-state index contributed by atoms with van der Waals surface area (Å²) in [5.74, 6) is -1.52. The van der Waals surface area contributed by atoms with Crippen molar-refractivity contribution in [2.45, 2.75) is 18.0 Å². The number of hydrogen-bond donors (Lipinski definition) is 0. The van der Waals surface area contributed by atoms with Crippen LogP contribution >= 0.6 is 0 Å². The molecule has 2 aliphatic heterocycles. The van der Waals surface area contributed by atoms with Crippen molar-refractivity contribution in [1.29, 1.82) is 10.5 Å². The van der Waals surface area contributed by atoms with E-state index in [0.717, 1.165) is 11.3 Å². The second-order valence-corrected chi connectivity index (χ2v) is 8.07. The summed E-state index contributed by atoms with van der Waals surface area (Å²) in [4.78, 5) is 15.8. The molecule has 32 heavy (non-hydrogen) atoms. The summed E-state index contributed by atoms with van der Waals surface area (Å²) >= 11 is 0. The number of carbonyl (C=O) groups is 1. The minimum atomic E-state index is -1.58. The van der Waals surface area contributed by atoms with Crippen molar-refractivity contribution < 1.29 is 9.18 Å². The van der Waals surface area contributed by atoms with Gasteiger partial charge >= 0.3 is 0 Å². The zero-order chi connectivity index (χ0) is 22.3. The maximum Gasteiger partial charge on any atom is 0.185 e. The number of hydrogen-bond acceptors (Lipinski definition) is 4. The predicted octanol–water partition coefficient (Wildman–Crippen LogP) is 5.11. The molecule has 154 valence electrons. The van der Waals surface area contributed by atoms with Crippen molar-refractivity contribution in [1.82, 2.24) is 0 Å². The molecule has 3 aromatic rings. The fourth-order valence-electron chi connectivity index (χ4n) is 5.08. The lowest BCUT2D eigenvalue weighted by molar-refractivity contribution is 0.0951. The third-order valence-corrected chi connectivity index (χ3v) is 6.45. The number of benzene rings is 3. The second-order valence-electron chi connectivity index (χ2n) is 8.07. The smallest absolute Gasteiger partial charge is 0.185 e. The number of ketones is 1. The van der Waals surface area contributed by atoms with E-state index in [4.69, 9.17) is 0 Å². The maximum atomic E-state index is 14.3. The molecule has 1 saturated heterocycles. The minimum Gasteiger partial charge on any atom is -0.351 e. The van der Waals surface area contributed by atoms with Crippen LogP contribution in [0.1, 0.15) is 27.4 Å². The molecule has 0 amide bonds. The number of Topliss-reactive ketones (excluding diaryl/α,β-unsaturated/α-hetero) is 1. The molecule has 0 bridgehead atoms. The highest BCUT2D eigenvalue weighted by Crippen LogP contribution is 2.55. The van der Waals surface area contributed by atoms with Gasteiger partial charge in [0.25, 0.3) is 0 Å². The standard InChI is InChI=1S/C27H18FN3O/c28-21-11-6-10-20(15-21)24-25(26(32)19-8-2-1-3-9-19)31-22-12-5-4-7-18(22)13-14-23(31)27(24,16-29)17-30/h1-15,23-25H/t23-,24?,25-/m1/s1. The summed E-state index contributed by atoms with van der Waals surface area (Å²) in [5, 5.41) is 20.7.